The molecule has 0 aromatic heterocycles. The Morgan fingerprint density at radius 3 is 2.37 bits per heavy atom. The first-order valence-corrected chi connectivity index (χ1v) is 7.49. The molecule has 0 saturated heterocycles. The van der Waals surface area contributed by atoms with Gasteiger partial charge in [-0.2, -0.15) is 0 Å². The molecule has 0 saturated carbocycles. The van der Waals surface area contributed by atoms with Gasteiger partial charge in [-0.25, -0.2) is 9.79 Å². The van der Waals surface area contributed by atoms with E-state index in [1.54, 1.807) is 24.3 Å². The van der Waals surface area contributed by atoms with Gasteiger partial charge in [0.1, 0.15) is 5.75 Å². The van der Waals surface area contributed by atoms with E-state index in [9.17, 15) is 25.0 Å². The summed E-state index contributed by atoms with van der Waals surface area (Å²) in [6.07, 6.45) is 1.15. The van der Waals surface area contributed by atoms with E-state index in [2.05, 4.69) is 4.99 Å². The summed E-state index contributed by atoms with van der Waals surface area (Å²) in [4.78, 5) is 36.6. The number of carbonyl (C=O) groups is 1. The molecule has 0 N–H and O–H groups in total. The lowest BCUT2D eigenvalue weighted by Gasteiger charge is -2.01. The fraction of sp³-hybridized carbons (Fsp3) is 0.0588. The summed E-state index contributed by atoms with van der Waals surface area (Å²) in [6.45, 7) is 0. The van der Waals surface area contributed by atoms with E-state index in [-0.39, 0.29) is 17.2 Å². The Morgan fingerprint density at radius 1 is 1.07 bits per heavy atom. The van der Waals surface area contributed by atoms with Gasteiger partial charge >= 0.3 is 5.97 Å². The third kappa shape index (κ3) is 3.63. The molecule has 0 spiro atoms. The number of hydrogen-bond donors (Lipinski definition) is 0. The zero-order chi connectivity index (χ0) is 19.6. The molecule has 0 bridgehead atoms. The highest BCUT2D eigenvalue weighted by Crippen LogP contribution is 2.28. The van der Waals surface area contributed by atoms with Crippen molar-refractivity contribution in [1.82, 2.24) is 0 Å². The minimum absolute atomic E-state index is 0.00252. The maximum absolute atomic E-state index is 12.0. The Hall–Kier alpha value is -4.08. The summed E-state index contributed by atoms with van der Waals surface area (Å²) in [5.41, 5.74) is -0.585. The summed E-state index contributed by atoms with van der Waals surface area (Å²) in [6, 6.07) is 9.71. The van der Waals surface area contributed by atoms with Crippen LogP contribution in [0.15, 0.2) is 53.2 Å². The summed E-state index contributed by atoms with van der Waals surface area (Å²) >= 11 is 0. The number of non-ortho nitro benzene ring substituents is 1. The lowest BCUT2D eigenvalue weighted by molar-refractivity contribution is -0.394. The van der Waals surface area contributed by atoms with Gasteiger partial charge in [0.15, 0.2) is 5.70 Å². The molecule has 1 aliphatic rings. The van der Waals surface area contributed by atoms with Gasteiger partial charge in [0.25, 0.3) is 11.4 Å². The molecule has 0 radical (unpaired) electrons. The van der Waals surface area contributed by atoms with Crippen molar-refractivity contribution in [2.45, 2.75) is 0 Å². The van der Waals surface area contributed by atoms with Gasteiger partial charge in [-0.15, -0.1) is 0 Å². The topological polar surface area (TPSA) is 134 Å². The van der Waals surface area contributed by atoms with Crippen molar-refractivity contribution in [3.8, 4) is 5.75 Å². The van der Waals surface area contributed by atoms with Crippen LogP contribution in [0.5, 0.6) is 5.75 Å². The number of methoxy groups -OCH3 is 1. The molecule has 3 rings (SSSR count). The molecule has 2 aromatic carbocycles. The molecule has 27 heavy (non-hydrogen) atoms. The molecule has 10 nitrogen and oxygen atoms in total. The predicted molar refractivity (Wildman–Crippen MR) is 93.4 cm³/mol. The Labute approximate surface area is 151 Å². The maximum atomic E-state index is 12.0. The molecule has 2 aromatic rings. The van der Waals surface area contributed by atoms with Crippen LogP contribution >= 0.6 is 0 Å². The number of carbonyl (C=O) groups excluding carboxylic acids is 1. The van der Waals surface area contributed by atoms with Crippen molar-refractivity contribution in [2.24, 2.45) is 4.99 Å². The smallest absolute Gasteiger partial charge is 0.363 e. The molecule has 136 valence electrons. The average molecular weight is 369 g/mol. The molecule has 10 heteroatoms. The molecule has 0 unspecified atom stereocenters. The highest BCUT2D eigenvalue weighted by molar-refractivity contribution is 6.13. The number of cyclic esters (lactones) is 1. The molecular weight excluding hydrogens is 358 g/mol. The molecule has 1 aliphatic heterocycles. The van der Waals surface area contributed by atoms with E-state index < -0.39 is 27.2 Å². The lowest BCUT2D eigenvalue weighted by atomic mass is 10.1. The van der Waals surface area contributed by atoms with Crippen molar-refractivity contribution < 1.29 is 24.1 Å². The maximum Gasteiger partial charge on any atom is 0.363 e. The fourth-order valence-electron chi connectivity index (χ4n) is 2.34. The number of nitrogens with zero attached hydrogens (tertiary/aromatic N) is 3. The van der Waals surface area contributed by atoms with Crippen molar-refractivity contribution in [3.05, 3.63) is 79.5 Å². The summed E-state index contributed by atoms with van der Waals surface area (Å²) in [5, 5.41) is 22.0. The Kier molecular flexibility index (Phi) is 4.62. The zero-order valence-corrected chi connectivity index (χ0v) is 13.8. The van der Waals surface area contributed by atoms with Crippen molar-refractivity contribution in [3.63, 3.8) is 0 Å². The second kappa shape index (κ2) is 7.04. The highest BCUT2D eigenvalue weighted by Gasteiger charge is 2.26. The summed E-state index contributed by atoms with van der Waals surface area (Å²) < 4.78 is 10.1. The van der Waals surface area contributed by atoms with Gasteiger partial charge < -0.3 is 9.47 Å². The van der Waals surface area contributed by atoms with Gasteiger partial charge in [-0.05, 0) is 36.4 Å². The second-order valence-electron chi connectivity index (χ2n) is 5.32. The number of nitro benzene ring substituents is 2. The number of esters is 1. The number of nitro groups is 2. The fourth-order valence-corrected chi connectivity index (χ4v) is 2.34. The number of benzene rings is 2. The van der Waals surface area contributed by atoms with E-state index in [1.807, 2.05) is 0 Å². The van der Waals surface area contributed by atoms with Crippen LogP contribution in [0, 0.1) is 20.2 Å². The standard InChI is InChI=1S/C17H11N3O7/c1-26-13-6-3-10(4-7-13)16-18-14(17(21)27-16)8-11-2-5-12(19(22)23)9-15(11)20(24)25/h2-9H,1H3/b14-8+. The first kappa shape index (κ1) is 17.7. The van der Waals surface area contributed by atoms with Gasteiger partial charge in [0.05, 0.1) is 28.6 Å². The number of rotatable bonds is 5. The second-order valence-corrected chi connectivity index (χ2v) is 5.32. The van der Waals surface area contributed by atoms with Gasteiger partial charge in [-0.1, -0.05) is 0 Å². The third-order valence-corrected chi connectivity index (χ3v) is 3.67. The van der Waals surface area contributed by atoms with Crippen LogP contribution in [0.1, 0.15) is 11.1 Å². The summed E-state index contributed by atoms with van der Waals surface area (Å²) in [7, 11) is 1.51. The lowest BCUT2D eigenvalue weighted by Crippen LogP contribution is -2.05. The minimum Gasteiger partial charge on any atom is -0.497 e. The van der Waals surface area contributed by atoms with Crippen LogP contribution in [0.3, 0.4) is 0 Å². The highest BCUT2D eigenvalue weighted by atomic mass is 16.6. The quantitative estimate of drug-likeness (QED) is 0.342. The average Bonchev–Trinajstić information content (AvgIpc) is 3.02. The van der Waals surface area contributed by atoms with Crippen LogP contribution in [0.4, 0.5) is 11.4 Å². The Bertz CT molecular complexity index is 1010. The van der Waals surface area contributed by atoms with E-state index in [0.717, 1.165) is 18.2 Å². The Balaban J connectivity index is 1.99. The minimum atomic E-state index is -0.784. The van der Waals surface area contributed by atoms with E-state index in [4.69, 9.17) is 9.47 Å². The first-order valence-electron chi connectivity index (χ1n) is 7.49. The molecule has 0 fully saturated rings. The van der Waals surface area contributed by atoms with Gasteiger partial charge in [0.2, 0.25) is 5.90 Å². The molecule has 0 atom stereocenters. The zero-order valence-electron chi connectivity index (χ0n) is 13.8. The monoisotopic (exact) mass is 369 g/mol. The first-order chi connectivity index (χ1) is 12.9. The largest absolute Gasteiger partial charge is 0.497 e. The molecular formula is C17H11N3O7. The van der Waals surface area contributed by atoms with Crippen LogP contribution in [0.2, 0.25) is 0 Å². The van der Waals surface area contributed by atoms with E-state index in [1.165, 1.54) is 13.2 Å². The Morgan fingerprint density at radius 2 is 1.78 bits per heavy atom. The summed E-state index contributed by atoms with van der Waals surface area (Å²) in [5.74, 6) is -0.132. The number of ether oxygens (including phenoxy) is 2. The third-order valence-electron chi connectivity index (χ3n) is 3.67. The molecule has 0 amide bonds. The number of aliphatic imine (C=N–C) groups is 1. The predicted octanol–water partition coefficient (Wildman–Crippen LogP) is 2.86. The van der Waals surface area contributed by atoms with Crippen LogP contribution in [-0.2, 0) is 9.53 Å². The van der Waals surface area contributed by atoms with Crippen molar-refractivity contribution in [2.75, 3.05) is 7.11 Å². The molecule has 1 heterocycles. The SMILES string of the molecule is COc1ccc(C2=N/C(=C/c3ccc([N+](=O)[O-])cc3[N+](=O)[O-])C(=O)O2)cc1. The normalized spacial score (nSPS) is 14.6. The van der Waals surface area contributed by atoms with Gasteiger partial charge in [0, 0.05) is 11.6 Å². The van der Waals surface area contributed by atoms with E-state index in [0.29, 0.717) is 11.3 Å². The van der Waals surface area contributed by atoms with Crippen LogP contribution in [-0.4, -0.2) is 28.8 Å². The number of hydrogen-bond acceptors (Lipinski definition) is 8. The van der Waals surface area contributed by atoms with Crippen LogP contribution in [0.25, 0.3) is 6.08 Å². The van der Waals surface area contributed by atoms with Crippen molar-refractivity contribution in [1.29, 1.82) is 0 Å². The van der Waals surface area contributed by atoms with Crippen molar-refractivity contribution >= 4 is 29.3 Å². The van der Waals surface area contributed by atoms with Crippen LogP contribution < -0.4 is 4.74 Å². The van der Waals surface area contributed by atoms with Gasteiger partial charge in [-0.3, -0.25) is 20.2 Å². The van der Waals surface area contributed by atoms with E-state index >= 15 is 0 Å². The molecule has 0 aliphatic carbocycles.